The summed E-state index contributed by atoms with van der Waals surface area (Å²) in [6, 6.07) is 19.5. The highest BCUT2D eigenvalue weighted by atomic mass is 16.3. The van der Waals surface area contributed by atoms with Crippen molar-refractivity contribution < 1.29 is 9.90 Å². The molecule has 0 bridgehead atoms. The molecule has 148 valence electrons. The zero-order valence-corrected chi connectivity index (χ0v) is 16.2. The summed E-state index contributed by atoms with van der Waals surface area (Å²) in [6.07, 6.45) is 4.39. The van der Waals surface area contributed by atoms with Gasteiger partial charge in [-0.05, 0) is 36.6 Å². The number of aromatic hydroxyl groups is 1. The summed E-state index contributed by atoms with van der Waals surface area (Å²) in [5, 5.41) is 21.4. The minimum atomic E-state index is -0.0698. The van der Waals surface area contributed by atoms with Crippen molar-refractivity contribution in [1.82, 2.24) is 15.5 Å². The summed E-state index contributed by atoms with van der Waals surface area (Å²) in [4.78, 5) is 13.2. The van der Waals surface area contributed by atoms with Crippen LogP contribution in [0.25, 0.3) is 11.3 Å². The number of phenols is 1. The molecule has 0 spiro atoms. The van der Waals surface area contributed by atoms with E-state index in [0.717, 1.165) is 38.0 Å². The van der Waals surface area contributed by atoms with Crippen molar-refractivity contribution in [1.29, 1.82) is 0 Å². The molecule has 1 aromatic heterocycles. The van der Waals surface area contributed by atoms with Crippen molar-refractivity contribution in [3.05, 3.63) is 72.4 Å². The van der Waals surface area contributed by atoms with Crippen LogP contribution in [0.15, 0.2) is 66.9 Å². The van der Waals surface area contributed by atoms with Crippen LogP contribution in [0.1, 0.15) is 18.4 Å². The SMILES string of the molecule is O=CNCC1(c2ccccc2)CCN(c2cnnc(-c3ccccc3O)c2)CC1. The Kier molecular flexibility index (Phi) is 5.42. The van der Waals surface area contributed by atoms with Crippen molar-refractivity contribution in [2.24, 2.45) is 0 Å². The van der Waals surface area contributed by atoms with Crippen LogP contribution in [0.4, 0.5) is 5.69 Å². The van der Waals surface area contributed by atoms with Crippen LogP contribution in [0.5, 0.6) is 5.75 Å². The van der Waals surface area contributed by atoms with Crippen LogP contribution in [0.2, 0.25) is 0 Å². The molecule has 0 radical (unpaired) electrons. The first-order valence-electron chi connectivity index (χ1n) is 9.80. The van der Waals surface area contributed by atoms with E-state index in [1.54, 1.807) is 18.3 Å². The van der Waals surface area contributed by atoms with Crippen LogP contribution >= 0.6 is 0 Å². The predicted molar refractivity (Wildman–Crippen MR) is 113 cm³/mol. The molecule has 6 nitrogen and oxygen atoms in total. The Morgan fingerprint density at radius 2 is 1.79 bits per heavy atom. The lowest BCUT2D eigenvalue weighted by Gasteiger charge is -2.43. The van der Waals surface area contributed by atoms with Crippen LogP contribution in [-0.2, 0) is 10.2 Å². The average Bonchev–Trinajstić information content (AvgIpc) is 2.79. The van der Waals surface area contributed by atoms with Crippen molar-refractivity contribution in [3.8, 4) is 17.0 Å². The number of anilines is 1. The molecule has 1 amide bonds. The van der Waals surface area contributed by atoms with Gasteiger partial charge in [0.1, 0.15) is 5.75 Å². The molecule has 0 aliphatic carbocycles. The van der Waals surface area contributed by atoms with E-state index in [2.05, 4.69) is 44.7 Å². The summed E-state index contributed by atoms with van der Waals surface area (Å²) >= 11 is 0. The zero-order chi connectivity index (χ0) is 20.1. The average molecular weight is 388 g/mol. The normalized spacial score (nSPS) is 15.7. The van der Waals surface area contributed by atoms with Gasteiger partial charge in [0.05, 0.1) is 17.6 Å². The monoisotopic (exact) mass is 388 g/mol. The Labute approximate surface area is 170 Å². The van der Waals surface area contributed by atoms with Gasteiger partial charge in [-0.3, -0.25) is 4.79 Å². The van der Waals surface area contributed by atoms with E-state index in [4.69, 9.17) is 0 Å². The number of phenolic OH excluding ortho intramolecular Hbond substituents is 1. The second kappa shape index (κ2) is 8.31. The van der Waals surface area contributed by atoms with Gasteiger partial charge in [-0.2, -0.15) is 10.2 Å². The summed E-state index contributed by atoms with van der Waals surface area (Å²) in [7, 11) is 0. The van der Waals surface area contributed by atoms with Gasteiger partial charge in [0.25, 0.3) is 0 Å². The van der Waals surface area contributed by atoms with E-state index in [1.165, 1.54) is 5.56 Å². The summed E-state index contributed by atoms with van der Waals surface area (Å²) in [6.45, 7) is 2.33. The van der Waals surface area contributed by atoms with E-state index in [9.17, 15) is 9.90 Å². The maximum atomic E-state index is 10.9. The second-order valence-corrected chi connectivity index (χ2v) is 7.45. The third kappa shape index (κ3) is 3.92. The van der Waals surface area contributed by atoms with E-state index in [-0.39, 0.29) is 11.2 Å². The van der Waals surface area contributed by atoms with Crippen LogP contribution in [0.3, 0.4) is 0 Å². The van der Waals surface area contributed by atoms with Gasteiger partial charge in [0, 0.05) is 30.6 Å². The third-order valence-corrected chi connectivity index (χ3v) is 5.82. The largest absolute Gasteiger partial charge is 0.507 e. The molecule has 2 aromatic carbocycles. The fraction of sp³-hybridized carbons (Fsp3) is 0.261. The van der Waals surface area contributed by atoms with Crippen molar-refractivity contribution >= 4 is 12.1 Å². The van der Waals surface area contributed by atoms with E-state index >= 15 is 0 Å². The Balaban J connectivity index is 1.55. The highest BCUT2D eigenvalue weighted by Gasteiger charge is 2.36. The molecule has 6 heteroatoms. The maximum absolute atomic E-state index is 10.9. The lowest BCUT2D eigenvalue weighted by Crippen LogP contribution is -2.48. The minimum Gasteiger partial charge on any atom is -0.507 e. The molecule has 0 atom stereocenters. The molecule has 2 heterocycles. The number of nitrogens with zero attached hydrogens (tertiary/aromatic N) is 3. The molecule has 1 fully saturated rings. The molecular formula is C23H24N4O2. The van der Waals surface area contributed by atoms with Gasteiger partial charge in [-0.25, -0.2) is 0 Å². The second-order valence-electron chi connectivity index (χ2n) is 7.45. The Morgan fingerprint density at radius 3 is 2.52 bits per heavy atom. The van der Waals surface area contributed by atoms with Crippen LogP contribution in [0, 0.1) is 0 Å². The summed E-state index contributed by atoms with van der Waals surface area (Å²) < 4.78 is 0. The zero-order valence-electron chi connectivity index (χ0n) is 16.2. The Hall–Kier alpha value is -3.41. The number of hydrogen-bond donors (Lipinski definition) is 2. The molecule has 4 rings (SSSR count). The minimum absolute atomic E-state index is 0.0698. The molecule has 1 aliphatic heterocycles. The molecule has 1 saturated heterocycles. The summed E-state index contributed by atoms with van der Waals surface area (Å²) in [5.74, 6) is 0.195. The molecule has 0 unspecified atom stereocenters. The maximum Gasteiger partial charge on any atom is 0.207 e. The number of amides is 1. The van der Waals surface area contributed by atoms with E-state index in [1.807, 2.05) is 24.3 Å². The quantitative estimate of drug-likeness (QED) is 0.635. The Bertz CT molecular complexity index is 969. The van der Waals surface area contributed by atoms with E-state index in [0.29, 0.717) is 17.8 Å². The lowest BCUT2D eigenvalue weighted by atomic mass is 9.72. The van der Waals surface area contributed by atoms with Gasteiger partial charge < -0.3 is 15.3 Å². The van der Waals surface area contributed by atoms with Gasteiger partial charge >= 0.3 is 0 Å². The van der Waals surface area contributed by atoms with E-state index < -0.39 is 0 Å². The number of aromatic nitrogens is 2. The number of piperidine rings is 1. The fourth-order valence-electron chi connectivity index (χ4n) is 4.14. The van der Waals surface area contributed by atoms with Crippen LogP contribution < -0.4 is 10.2 Å². The van der Waals surface area contributed by atoms with Gasteiger partial charge in [0.15, 0.2) is 0 Å². The fourth-order valence-corrected chi connectivity index (χ4v) is 4.14. The third-order valence-electron chi connectivity index (χ3n) is 5.82. The molecule has 2 N–H and O–H groups in total. The number of hydrogen-bond acceptors (Lipinski definition) is 5. The van der Waals surface area contributed by atoms with Crippen molar-refractivity contribution in [3.63, 3.8) is 0 Å². The first kappa shape index (κ1) is 18.9. The highest BCUT2D eigenvalue weighted by molar-refractivity contribution is 5.69. The van der Waals surface area contributed by atoms with Crippen LogP contribution in [-0.4, -0.2) is 41.3 Å². The number of para-hydroxylation sites is 1. The van der Waals surface area contributed by atoms with Crippen molar-refractivity contribution in [2.45, 2.75) is 18.3 Å². The number of carbonyl (C=O) groups is 1. The number of nitrogens with one attached hydrogen (secondary N) is 1. The Morgan fingerprint density at radius 1 is 1.07 bits per heavy atom. The van der Waals surface area contributed by atoms with Crippen molar-refractivity contribution in [2.75, 3.05) is 24.5 Å². The standard InChI is InChI=1S/C23H24N4O2/c28-17-24-16-23(18-6-2-1-3-7-18)10-12-27(13-11-23)19-14-21(26-25-15-19)20-8-4-5-9-22(20)29/h1-9,14-15,17,29H,10-13,16H2,(H,24,28). The molecule has 0 saturated carbocycles. The molecule has 3 aromatic rings. The smallest absolute Gasteiger partial charge is 0.207 e. The molecule has 29 heavy (non-hydrogen) atoms. The number of rotatable bonds is 6. The van der Waals surface area contributed by atoms with Gasteiger partial charge in [-0.15, -0.1) is 0 Å². The van der Waals surface area contributed by atoms with Gasteiger partial charge in [-0.1, -0.05) is 42.5 Å². The molecule has 1 aliphatic rings. The first-order chi connectivity index (χ1) is 14.2. The lowest BCUT2D eigenvalue weighted by molar-refractivity contribution is -0.109. The number of carbonyl (C=O) groups excluding carboxylic acids is 1. The summed E-state index contributed by atoms with van der Waals surface area (Å²) in [5.41, 5.74) is 3.51. The predicted octanol–water partition coefficient (Wildman–Crippen LogP) is 3.13. The molecular weight excluding hydrogens is 364 g/mol. The topological polar surface area (TPSA) is 78.4 Å². The first-order valence-corrected chi connectivity index (χ1v) is 9.80. The van der Waals surface area contributed by atoms with Gasteiger partial charge in [0.2, 0.25) is 6.41 Å². The number of benzene rings is 2. The highest BCUT2D eigenvalue weighted by Crippen LogP contribution is 2.37.